The third-order valence-corrected chi connectivity index (χ3v) is 0.747. The summed E-state index contributed by atoms with van der Waals surface area (Å²) in [6, 6.07) is 0. The molecule has 0 atom stereocenters. The highest BCUT2D eigenvalue weighted by molar-refractivity contribution is 5.95. The average molecular weight is 95.1 g/mol. The summed E-state index contributed by atoms with van der Waals surface area (Å²) < 4.78 is 4.57. The lowest BCUT2D eigenvalue weighted by Crippen LogP contribution is -1.90. The molecule has 36 valence electrons. The van der Waals surface area contributed by atoms with Crippen molar-refractivity contribution >= 4 is 5.90 Å². The van der Waals surface area contributed by atoms with Crippen LogP contribution in [-0.2, 0) is 4.74 Å². The Bertz CT molecular complexity index is 146. The normalized spacial score (nSPS) is 17.7. The molecule has 0 saturated carbocycles. The zero-order chi connectivity index (χ0) is 5.28. The Morgan fingerprint density at radius 2 is 2.43 bits per heavy atom. The minimum atomic E-state index is 0.153. The van der Waals surface area contributed by atoms with Gasteiger partial charge in [-0.3, -0.25) is 5.41 Å². The Morgan fingerprint density at radius 3 is 2.57 bits per heavy atom. The third-order valence-electron chi connectivity index (χ3n) is 0.747. The number of hydrogen-bond donors (Lipinski definition) is 1. The van der Waals surface area contributed by atoms with E-state index in [1.54, 1.807) is 6.08 Å². The van der Waals surface area contributed by atoms with Gasteiger partial charge in [-0.15, -0.1) is 0 Å². The maximum atomic E-state index is 6.87. The largest absolute Gasteiger partial charge is 0.447 e. The summed E-state index contributed by atoms with van der Waals surface area (Å²) in [6.45, 7) is 3.50. The molecule has 0 aromatic rings. The van der Waals surface area contributed by atoms with E-state index in [1.807, 2.05) is 0 Å². The lowest BCUT2D eigenvalue weighted by molar-refractivity contribution is 0.483. The summed E-state index contributed by atoms with van der Waals surface area (Å²) in [5, 5.41) is 6.87. The number of hydrogen-bond acceptors (Lipinski definition) is 2. The third kappa shape index (κ3) is 0.538. The lowest BCUT2D eigenvalue weighted by Gasteiger charge is -1.87. The van der Waals surface area contributed by atoms with Crippen molar-refractivity contribution in [1.82, 2.24) is 0 Å². The quantitative estimate of drug-likeness (QED) is 0.479. The first-order valence-corrected chi connectivity index (χ1v) is 1.92. The summed E-state index contributed by atoms with van der Waals surface area (Å²) in [7, 11) is 0. The molecule has 1 aliphatic heterocycles. The van der Waals surface area contributed by atoms with Crippen LogP contribution in [0.25, 0.3) is 0 Å². The Labute approximate surface area is 41.6 Å². The maximum absolute atomic E-state index is 6.87. The molecule has 0 aromatic carbocycles. The lowest BCUT2D eigenvalue weighted by atomic mass is 10.3. The van der Waals surface area contributed by atoms with Crippen LogP contribution in [0.3, 0.4) is 0 Å². The van der Waals surface area contributed by atoms with Crippen molar-refractivity contribution in [1.29, 1.82) is 5.41 Å². The zero-order valence-electron chi connectivity index (χ0n) is 3.77. The molecule has 7 heavy (non-hydrogen) atoms. The summed E-state index contributed by atoms with van der Waals surface area (Å²) in [5.74, 6) is 0.153. The van der Waals surface area contributed by atoms with E-state index >= 15 is 0 Å². The Hall–Kier alpha value is -1.05. The van der Waals surface area contributed by atoms with E-state index in [1.165, 1.54) is 6.26 Å². The van der Waals surface area contributed by atoms with Gasteiger partial charge in [-0.2, -0.15) is 0 Å². The van der Waals surface area contributed by atoms with Crippen LogP contribution >= 0.6 is 0 Å². The maximum Gasteiger partial charge on any atom is 0.217 e. The fraction of sp³-hybridized carbons (Fsp3) is 0. The van der Waals surface area contributed by atoms with Gasteiger partial charge in [-0.05, 0) is 6.08 Å². The Morgan fingerprint density at radius 1 is 1.71 bits per heavy atom. The van der Waals surface area contributed by atoms with E-state index in [-0.39, 0.29) is 5.90 Å². The van der Waals surface area contributed by atoms with Crippen LogP contribution in [0.5, 0.6) is 0 Å². The van der Waals surface area contributed by atoms with Crippen molar-refractivity contribution in [3.8, 4) is 0 Å². The van der Waals surface area contributed by atoms with Gasteiger partial charge in [0.05, 0.1) is 6.26 Å². The van der Waals surface area contributed by atoms with Gasteiger partial charge >= 0.3 is 0 Å². The highest BCUT2D eigenvalue weighted by Gasteiger charge is 2.03. The van der Waals surface area contributed by atoms with Crippen LogP contribution in [0.4, 0.5) is 0 Å². The van der Waals surface area contributed by atoms with E-state index in [0.717, 1.165) is 0 Å². The molecule has 0 amide bonds. The van der Waals surface area contributed by atoms with Crippen LogP contribution in [0.2, 0.25) is 0 Å². The van der Waals surface area contributed by atoms with Crippen LogP contribution in [-0.4, -0.2) is 5.90 Å². The van der Waals surface area contributed by atoms with Gasteiger partial charge in [0.2, 0.25) is 5.90 Å². The van der Waals surface area contributed by atoms with Crippen molar-refractivity contribution in [2.45, 2.75) is 0 Å². The molecule has 1 aliphatic rings. The molecule has 0 bridgehead atoms. The zero-order valence-corrected chi connectivity index (χ0v) is 3.77. The van der Waals surface area contributed by atoms with Gasteiger partial charge in [0, 0.05) is 5.57 Å². The molecule has 0 fully saturated rings. The van der Waals surface area contributed by atoms with Gasteiger partial charge in [-0.1, -0.05) is 6.58 Å². The van der Waals surface area contributed by atoms with E-state index < -0.39 is 0 Å². The molecule has 0 spiro atoms. The molecule has 0 unspecified atom stereocenters. The minimum absolute atomic E-state index is 0.153. The second-order valence-electron chi connectivity index (χ2n) is 1.27. The topological polar surface area (TPSA) is 33.1 Å². The van der Waals surface area contributed by atoms with Crippen LogP contribution < -0.4 is 0 Å². The minimum Gasteiger partial charge on any atom is -0.447 e. The second kappa shape index (κ2) is 1.22. The van der Waals surface area contributed by atoms with Crippen LogP contribution in [0, 0.1) is 5.41 Å². The van der Waals surface area contributed by atoms with E-state index in [0.29, 0.717) is 5.57 Å². The van der Waals surface area contributed by atoms with Gasteiger partial charge in [-0.25, -0.2) is 0 Å². The molecule has 2 nitrogen and oxygen atoms in total. The highest BCUT2D eigenvalue weighted by atomic mass is 16.5. The van der Waals surface area contributed by atoms with Gasteiger partial charge in [0.25, 0.3) is 0 Å². The predicted molar refractivity (Wildman–Crippen MR) is 27.1 cm³/mol. The number of ether oxygens (including phenoxy) is 1. The van der Waals surface area contributed by atoms with E-state index in [9.17, 15) is 0 Å². The van der Waals surface area contributed by atoms with Gasteiger partial charge in [0.15, 0.2) is 0 Å². The SMILES string of the molecule is C=C1C=COC1=N. The van der Waals surface area contributed by atoms with Crippen molar-refractivity contribution in [2.24, 2.45) is 0 Å². The number of nitrogens with one attached hydrogen (secondary N) is 1. The first-order chi connectivity index (χ1) is 3.30. The molecule has 2 heteroatoms. The molecule has 0 radical (unpaired) electrons. The van der Waals surface area contributed by atoms with Crippen molar-refractivity contribution in [3.63, 3.8) is 0 Å². The van der Waals surface area contributed by atoms with Crippen molar-refractivity contribution in [2.75, 3.05) is 0 Å². The summed E-state index contributed by atoms with van der Waals surface area (Å²) in [4.78, 5) is 0. The molecule has 1 rings (SSSR count). The highest BCUT2D eigenvalue weighted by Crippen LogP contribution is 2.04. The molecular formula is C5H5NO. The fourth-order valence-corrected chi connectivity index (χ4v) is 0.336. The molecule has 0 aliphatic carbocycles. The molecule has 0 aromatic heterocycles. The van der Waals surface area contributed by atoms with E-state index in [4.69, 9.17) is 5.41 Å². The molecule has 1 heterocycles. The summed E-state index contributed by atoms with van der Waals surface area (Å²) in [5.41, 5.74) is 0.639. The Balaban J connectivity index is 2.81. The van der Waals surface area contributed by atoms with Crippen LogP contribution in [0.15, 0.2) is 24.5 Å². The fourth-order valence-electron chi connectivity index (χ4n) is 0.336. The summed E-state index contributed by atoms with van der Waals surface area (Å²) >= 11 is 0. The monoisotopic (exact) mass is 95.0 g/mol. The van der Waals surface area contributed by atoms with Crippen LogP contribution in [0.1, 0.15) is 0 Å². The van der Waals surface area contributed by atoms with Gasteiger partial charge in [0.1, 0.15) is 0 Å². The molecule has 0 saturated heterocycles. The standard InChI is InChI=1S/C5H5NO/c1-4-2-3-7-5(4)6/h2-3,6H,1H2. The number of rotatable bonds is 0. The van der Waals surface area contributed by atoms with E-state index in [2.05, 4.69) is 11.3 Å². The first-order valence-electron chi connectivity index (χ1n) is 1.92. The average Bonchev–Trinajstić information content (AvgIpc) is 1.91. The molecular weight excluding hydrogens is 90.1 g/mol. The van der Waals surface area contributed by atoms with Crippen molar-refractivity contribution in [3.05, 3.63) is 24.5 Å². The smallest absolute Gasteiger partial charge is 0.217 e. The Kier molecular flexibility index (Phi) is 0.719. The first kappa shape index (κ1) is 4.12. The molecule has 1 N–H and O–H groups in total. The summed E-state index contributed by atoms with van der Waals surface area (Å²) in [6.07, 6.45) is 3.10. The van der Waals surface area contributed by atoms with Gasteiger partial charge < -0.3 is 4.74 Å². The second-order valence-corrected chi connectivity index (χ2v) is 1.27. The predicted octanol–water partition coefficient (Wildman–Crippen LogP) is 1.06. The van der Waals surface area contributed by atoms with Crippen molar-refractivity contribution < 1.29 is 4.74 Å².